The van der Waals surface area contributed by atoms with Gasteiger partial charge in [0, 0.05) is 23.0 Å². The molecule has 0 fully saturated rings. The van der Waals surface area contributed by atoms with Crippen molar-refractivity contribution in [1.82, 2.24) is 4.98 Å². The summed E-state index contributed by atoms with van der Waals surface area (Å²) in [6.45, 7) is 4.09. The quantitative estimate of drug-likeness (QED) is 0.770. The molecule has 0 spiro atoms. The molecule has 0 saturated carbocycles. The van der Waals surface area contributed by atoms with Crippen molar-refractivity contribution in [3.05, 3.63) is 65.0 Å². The van der Waals surface area contributed by atoms with Gasteiger partial charge in [-0.1, -0.05) is 11.6 Å². The lowest BCUT2D eigenvalue weighted by Crippen LogP contribution is -2.29. The zero-order valence-corrected chi connectivity index (χ0v) is 11.6. The Labute approximate surface area is 117 Å². The van der Waals surface area contributed by atoms with E-state index in [9.17, 15) is 0 Å². The highest BCUT2D eigenvalue weighted by Crippen LogP contribution is 2.40. The van der Waals surface area contributed by atoms with E-state index in [0.717, 1.165) is 22.4 Å². The molecule has 0 bridgehead atoms. The number of fused-ring (bicyclic) bond motifs is 1. The largest absolute Gasteiger partial charge is 0.483 e. The molecule has 1 aromatic heterocycles. The summed E-state index contributed by atoms with van der Waals surface area (Å²) in [5.41, 5.74) is 2.95. The predicted molar refractivity (Wildman–Crippen MR) is 77.5 cm³/mol. The maximum absolute atomic E-state index is 6.11. The maximum Gasteiger partial charge on any atom is 0.128 e. The van der Waals surface area contributed by atoms with Crippen LogP contribution in [0.4, 0.5) is 0 Å². The van der Waals surface area contributed by atoms with E-state index in [1.165, 1.54) is 0 Å². The minimum Gasteiger partial charge on any atom is -0.483 e. The van der Waals surface area contributed by atoms with Crippen molar-refractivity contribution in [2.75, 3.05) is 0 Å². The molecule has 1 aliphatic rings. The first-order chi connectivity index (χ1) is 9.05. The first-order valence-corrected chi connectivity index (χ1v) is 6.55. The molecule has 19 heavy (non-hydrogen) atoms. The van der Waals surface area contributed by atoms with Crippen LogP contribution in [-0.4, -0.2) is 10.6 Å². The molecule has 0 amide bonds. The highest BCUT2D eigenvalue weighted by molar-refractivity contribution is 6.30. The van der Waals surface area contributed by atoms with Gasteiger partial charge in [-0.3, -0.25) is 4.98 Å². The van der Waals surface area contributed by atoms with Crippen molar-refractivity contribution in [3.63, 3.8) is 0 Å². The Hall–Kier alpha value is -1.80. The van der Waals surface area contributed by atoms with Crippen molar-refractivity contribution in [2.45, 2.75) is 19.4 Å². The van der Waals surface area contributed by atoms with Gasteiger partial charge in [-0.05, 0) is 61.4 Å². The van der Waals surface area contributed by atoms with Crippen LogP contribution in [0.2, 0.25) is 5.02 Å². The van der Waals surface area contributed by atoms with Gasteiger partial charge in [0.1, 0.15) is 11.4 Å². The van der Waals surface area contributed by atoms with Gasteiger partial charge in [-0.15, -0.1) is 0 Å². The van der Waals surface area contributed by atoms with Crippen LogP contribution in [0.25, 0.3) is 5.57 Å². The molecule has 2 aromatic rings. The van der Waals surface area contributed by atoms with E-state index >= 15 is 0 Å². The number of halogens is 1. The molecule has 3 rings (SSSR count). The maximum atomic E-state index is 6.11. The zero-order valence-electron chi connectivity index (χ0n) is 10.9. The average molecular weight is 272 g/mol. The Balaban J connectivity index is 2.21. The van der Waals surface area contributed by atoms with E-state index < -0.39 is 0 Å². The Morgan fingerprint density at radius 3 is 2.58 bits per heavy atom. The molecule has 1 aliphatic heterocycles. The smallest absolute Gasteiger partial charge is 0.128 e. The van der Waals surface area contributed by atoms with E-state index in [2.05, 4.69) is 11.1 Å². The standard InChI is InChI=1S/C16H14ClNO/c1-16(2)10-14(11-5-7-18-8-6-11)13-9-12(17)3-4-15(13)19-16/h3-10H,1-2H3. The van der Waals surface area contributed by atoms with Crippen molar-refractivity contribution in [2.24, 2.45) is 0 Å². The second kappa shape index (κ2) is 4.39. The van der Waals surface area contributed by atoms with E-state index in [4.69, 9.17) is 16.3 Å². The van der Waals surface area contributed by atoms with Gasteiger partial charge in [-0.25, -0.2) is 0 Å². The first kappa shape index (κ1) is 12.2. The number of hydrogen-bond donors (Lipinski definition) is 0. The lowest BCUT2D eigenvalue weighted by Gasteiger charge is -2.31. The number of nitrogens with zero attached hydrogens (tertiary/aromatic N) is 1. The van der Waals surface area contributed by atoms with E-state index in [1.807, 2.05) is 44.2 Å². The van der Waals surface area contributed by atoms with Crippen LogP contribution >= 0.6 is 11.6 Å². The van der Waals surface area contributed by atoms with Crippen LogP contribution < -0.4 is 4.74 Å². The second-order valence-electron chi connectivity index (χ2n) is 5.14. The Bertz CT molecular complexity index is 647. The third-order valence-corrected chi connectivity index (χ3v) is 3.32. The third kappa shape index (κ3) is 2.36. The van der Waals surface area contributed by atoms with Crippen LogP contribution in [0.3, 0.4) is 0 Å². The highest BCUT2D eigenvalue weighted by atomic mass is 35.5. The van der Waals surface area contributed by atoms with Gasteiger partial charge < -0.3 is 4.74 Å². The van der Waals surface area contributed by atoms with Crippen molar-refractivity contribution in [1.29, 1.82) is 0 Å². The number of hydrogen-bond acceptors (Lipinski definition) is 2. The summed E-state index contributed by atoms with van der Waals surface area (Å²) >= 11 is 6.11. The van der Waals surface area contributed by atoms with Gasteiger partial charge >= 0.3 is 0 Å². The van der Waals surface area contributed by atoms with E-state index in [-0.39, 0.29) is 5.60 Å². The summed E-state index contributed by atoms with van der Waals surface area (Å²) < 4.78 is 5.98. The van der Waals surface area contributed by atoms with Gasteiger partial charge in [0.05, 0.1) is 0 Å². The highest BCUT2D eigenvalue weighted by Gasteiger charge is 2.27. The summed E-state index contributed by atoms with van der Waals surface area (Å²) in [6.07, 6.45) is 5.71. The number of aromatic nitrogens is 1. The van der Waals surface area contributed by atoms with Crippen molar-refractivity contribution in [3.8, 4) is 5.75 Å². The topological polar surface area (TPSA) is 22.1 Å². The minimum atomic E-state index is -0.334. The lowest BCUT2D eigenvalue weighted by atomic mass is 9.90. The predicted octanol–water partition coefficient (Wildman–Crippen LogP) is 4.34. The van der Waals surface area contributed by atoms with Gasteiger partial charge in [0.2, 0.25) is 0 Å². The zero-order chi connectivity index (χ0) is 13.5. The van der Waals surface area contributed by atoms with Gasteiger partial charge in [0.25, 0.3) is 0 Å². The fraction of sp³-hybridized carbons (Fsp3) is 0.188. The summed E-state index contributed by atoms with van der Waals surface area (Å²) in [6, 6.07) is 9.72. The first-order valence-electron chi connectivity index (χ1n) is 6.17. The second-order valence-corrected chi connectivity index (χ2v) is 5.58. The number of pyridine rings is 1. The van der Waals surface area contributed by atoms with E-state index in [0.29, 0.717) is 5.02 Å². The summed E-state index contributed by atoms with van der Waals surface area (Å²) in [5, 5.41) is 0.710. The molecule has 96 valence electrons. The summed E-state index contributed by atoms with van der Waals surface area (Å²) in [4.78, 5) is 4.07. The fourth-order valence-corrected chi connectivity index (χ4v) is 2.48. The molecule has 1 aromatic carbocycles. The molecule has 3 heteroatoms. The molecular formula is C16H14ClNO. The Morgan fingerprint density at radius 2 is 1.84 bits per heavy atom. The SMILES string of the molecule is CC1(C)C=C(c2ccncc2)c2cc(Cl)ccc2O1. The van der Waals surface area contributed by atoms with Crippen LogP contribution in [0.15, 0.2) is 48.8 Å². The molecule has 0 aliphatic carbocycles. The molecule has 0 saturated heterocycles. The summed E-state index contributed by atoms with van der Waals surface area (Å²) in [7, 11) is 0. The molecule has 0 atom stereocenters. The van der Waals surface area contributed by atoms with Gasteiger partial charge in [-0.2, -0.15) is 0 Å². The summed E-state index contributed by atoms with van der Waals surface area (Å²) in [5.74, 6) is 0.865. The lowest BCUT2D eigenvalue weighted by molar-refractivity contribution is 0.158. The number of rotatable bonds is 1. The van der Waals surface area contributed by atoms with Crippen molar-refractivity contribution >= 4 is 17.2 Å². The van der Waals surface area contributed by atoms with Crippen LogP contribution in [0.5, 0.6) is 5.75 Å². The minimum absolute atomic E-state index is 0.334. The van der Waals surface area contributed by atoms with Gasteiger partial charge in [0.15, 0.2) is 0 Å². The number of ether oxygens (including phenoxy) is 1. The van der Waals surface area contributed by atoms with Crippen LogP contribution in [0.1, 0.15) is 25.0 Å². The molecule has 2 heterocycles. The van der Waals surface area contributed by atoms with Crippen LogP contribution in [-0.2, 0) is 0 Å². The fourth-order valence-electron chi connectivity index (χ4n) is 2.31. The molecule has 0 N–H and O–H groups in total. The third-order valence-electron chi connectivity index (χ3n) is 3.09. The van der Waals surface area contributed by atoms with Crippen LogP contribution in [0, 0.1) is 0 Å². The van der Waals surface area contributed by atoms with E-state index in [1.54, 1.807) is 12.4 Å². The van der Waals surface area contributed by atoms with Crippen molar-refractivity contribution < 1.29 is 4.74 Å². The molecule has 0 unspecified atom stereocenters. The normalized spacial score (nSPS) is 16.3. The Kier molecular flexibility index (Phi) is 2.83. The molecule has 0 radical (unpaired) electrons. The number of benzene rings is 1. The Morgan fingerprint density at radius 1 is 1.11 bits per heavy atom. The molecular weight excluding hydrogens is 258 g/mol. The molecule has 2 nitrogen and oxygen atoms in total. The average Bonchev–Trinajstić information content (AvgIpc) is 2.39. The monoisotopic (exact) mass is 271 g/mol.